The lowest BCUT2D eigenvalue weighted by molar-refractivity contribution is 0.177. The fraction of sp³-hybridized carbons (Fsp3) is 0.250. The van der Waals surface area contributed by atoms with Gasteiger partial charge in [0.05, 0.1) is 6.10 Å². The lowest BCUT2D eigenvalue weighted by atomic mass is 9.81. The van der Waals surface area contributed by atoms with Crippen LogP contribution in [0.4, 0.5) is 0 Å². The first kappa shape index (κ1) is 10.7. The maximum Gasteiger partial charge on any atom is 0.134 e. The maximum atomic E-state index is 10.2. The molecule has 0 amide bonds. The van der Waals surface area contributed by atoms with E-state index in [4.69, 9.17) is 9.47 Å². The van der Waals surface area contributed by atoms with Gasteiger partial charge >= 0.3 is 0 Å². The smallest absolute Gasteiger partial charge is 0.134 e. The summed E-state index contributed by atoms with van der Waals surface area (Å²) >= 11 is 0. The molecule has 3 nitrogen and oxygen atoms in total. The van der Waals surface area contributed by atoms with Crippen LogP contribution >= 0.6 is 0 Å². The number of benzene rings is 2. The predicted molar refractivity (Wildman–Crippen MR) is 71.2 cm³/mol. The molecular weight excluding hydrogens is 240 g/mol. The standard InChI is InChI=1S/C16H14O3/c1-9-8-10-15-11(17)4-2-5-12(15)19-14-7-3-6-13(18-9)16(10)14/h2-7,9-10,17H,8H2,1H3. The van der Waals surface area contributed by atoms with Crippen LogP contribution in [0, 0.1) is 0 Å². The Balaban J connectivity index is 2.00. The first-order chi connectivity index (χ1) is 9.24. The summed E-state index contributed by atoms with van der Waals surface area (Å²) in [5.74, 6) is 2.92. The van der Waals surface area contributed by atoms with Crippen molar-refractivity contribution in [1.82, 2.24) is 0 Å². The topological polar surface area (TPSA) is 38.7 Å². The van der Waals surface area contributed by atoms with Crippen molar-refractivity contribution in [2.45, 2.75) is 25.4 Å². The van der Waals surface area contributed by atoms with Crippen LogP contribution in [0.5, 0.6) is 23.0 Å². The van der Waals surface area contributed by atoms with Gasteiger partial charge in [-0.05, 0) is 37.6 Å². The van der Waals surface area contributed by atoms with Crippen molar-refractivity contribution in [1.29, 1.82) is 0 Å². The van der Waals surface area contributed by atoms with E-state index in [0.29, 0.717) is 5.75 Å². The van der Waals surface area contributed by atoms with Gasteiger partial charge in [-0.1, -0.05) is 12.1 Å². The van der Waals surface area contributed by atoms with E-state index in [1.807, 2.05) is 30.3 Å². The Morgan fingerprint density at radius 3 is 2.53 bits per heavy atom. The molecule has 0 saturated heterocycles. The van der Waals surface area contributed by atoms with Gasteiger partial charge in [-0.2, -0.15) is 0 Å². The summed E-state index contributed by atoms with van der Waals surface area (Å²) in [4.78, 5) is 0. The molecule has 2 aromatic rings. The molecule has 0 fully saturated rings. The number of aromatic hydroxyl groups is 1. The zero-order valence-corrected chi connectivity index (χ0v) is 10.6. The van der Waals surface area contributed by atoms with Crippen molar-refractivity contribution in [3.8, 4) is 23.0 Å². The molecule has 2 unspecified atom stereocenters. The summed E-state index contributed by atoms with van der Waals surface area (Å²) < 4.78 is 11.8. The summed E-state index contributed by atoms with van der Waals surface area (Å²) in [6, 6.07) is 11.3. The van der Waals surface area contributed by atoms with Crippen molar-refractivity contribution in [2.24, 2.45) is 0 Å². The van der Waals surface area contributed by atoms with Crippen LogP contribution in [0.2, 0.25) is 0 Å². The second-order valence-corrected chi connectivity index (χ2v) is 5.18. The SMILES string of the molecule is CC1CC2c3c(O)cccc3Oc3cccc(c32)O1. The highest BCUT2D eigenvalue weighted by Crippen LogP contribution is 2.54. The molecule has 1 N–H and O–H groups in total. The molecule has 0 bridgehead atoms. The Morgan fingerprint density at radius 1 is 1.00 bits per heavy atom. The quantitative estimate of drug-likeness (QED) is 0.777. The van der Waals surface area contributed by atoms with E-state index < -0.39 is 0 Å². The van der Waals surface area contributed by atoms with Crippen LogP contribution < -0.4 is 9.47 Å². The molecular formula is C16H14O3. The molecule has 3 heteroatoms. The molecule has 2 aliphatic heterocycles. The monoisotopic (exact) mass is 254 g/mol. The lowest BCUT2D eigenvalue weighted by Crippen LogP contribution is -2.25. The van der Waals surface area contributed by atoms with Crippen LogP contribution in [-0.2, 0) is 0 Å². The van der Waals surface area contributed by atoms with Gasteiger partial charge in [-0.15, -0.1) is 0 Å². The fourth-order valence-corrected chi connectivity index (χ4v) is 3.13. The first-order valence-electron chi connectivity index (χ1n) is 6.53. The predicted octanol–water partition coefficient (Wildman–Crippen LogP) is 3.80. The summed E-state index contributed by atoms with van der Waals surface area (Å²) in [5, 5.41) is 10.2. The second-order valence-electron chi connectivity index (χ2n) is 5.18. The highest BCUT2D eigenvalue weighted by molar-refractivity contribution is 5.62. The minimum absolute atomic E-state index is 0.137. The summed E-state index contributed by atoms with van der Waals surface area (Å²) in [6.45, 7) is 2.06. The number of hydrogen-bond donors (Lipinski definition) is 1. The molecule has 0 radical (unpaired) electrons. The molecule has 4 rings (SSSR count). The average Bonchev–Trinajstić information content (AvgIpc) is 2.38. The number of fused-ring (bicyclic) bond motifs is 2. The fourth-order valence-electron chi connectivity index (χ4n) is 3.13. The van der Waals surface area contributed by atoms with Gasteiger partial charge in [0.1, 0.15) is 23.0 Å². The second kappa shape index (κ2) is 3.67. The van der Waals surface area contributed by atoms with E-state index in [1.54, 1.807) is 6.07 Å². The third-order valence-corrected chi connectivity index (χ3v) is 3.88. The van der Waals surface area contributed by atoms with Crippen molar-refractivity contribution >= 4 is 0 Å². The minimum Gasteiger partial charge on any atom is -0.508 e. The molecule has 0 aliphatic carbocycles. The maximum absolute atomic E-state index is 10.2. The van der Waals surface area contributed by atoms with E-state index in [1.165, 1.54) is 0 Å². The van der Waals surface area contributed by atoms with Gasteiger partial charge in [-0.25, -0.2) is 0 Å². The van der Waals surface area contributed by atoms with Gasteiger partial charge in [-0.3, -0.25) is 0 Å². The van der Waals surface area contributed by atoms with Gasteiger partial charge < -0.3 is 14.6 Å². The molecule has 0 aromatic heterocycles. The molecule has 19 heavy (non-hydrogen) atoms. The van der Waals surface area contributed by atoms with Crippen LogP contribution in [-0.4, -0.2) is 11.2 Å². The molecule has 2 aromatic carbocycles. The lowest BCUT2D eigenvalue weighted by Gasteiger charge is -2.36. The third-order valence-electron chi connectivity index (χ3n) is 3.88. The summed E-state index contributed by atoms with van der Waals surface area (Å²) in [6.07, 6.45) is 0.996. The van der Waals surface area contributed by atoms with Crippen molar-refractivity contribution in [3.05, 3.63) is 47.5 Å². The number of phenols is 1. The molecule has 2 heterocycles. The van der Waals surface area contributed by atoms with Crippen LogP contribution in [0.25, 0.3) is 0 Å². The number of hydrogen-bond acceptors (Lipinski definition) is 3. The Bertz CT molecular complexity index is 663. The van der Waals surface area contributed by atoms with Crippen molar-refractivity contribution in [3.63, 3.8) is 0 Å². The normalized spacial score (nSPS) is 22.8. The molecule has 2 aliphatic rings. The van der Waals surface area contributed by atoms with E-state index in [0.717, 1.165) is 34.8 Å². The van der Waals surface area contributed by atoms with E-state index >= 15 is 0 Å². The van der Waals surface area contributed by atoms with Gasteiger partial charge in [0.15, 0.2) is 0 Å². The number of ether oxygens (including phenoxy) is 2. The van der Waals surface area contributed by atoms with Crippen LogP contribution in [0.1, 0.15) is 30.4 Å². The minimum atomic E-state index is 0.137. The number of rotatable bonds is 0. The molecule has 2 atom stereocenters. The van der Waals surface area contributed by atoms with Gasteiger partial charge in [0, 0.05) is 17.0 Å². The van der Waals surface area contributed by atoms with Gasteiger partial charge in [0.2, 0.25) is 0 Å². The highest BCUT2D eigenvalue weighted by atomic mass is 16.5. The first-order valence-corrected chi connectivity index (χ1v) is 6.53. The van der Waals surface area contributed by atoms with Crippen molar-refractivity contribution < 1.29 is 14.6 Å². The Kier molecular flexibility index (Phi) is 2.07. The van der Waals surface area contributed by atoms with Gasteiger partial charge in [0.25, 0.3) is 0 Å². The summed E-state index contributed by atoms with van der Waals surface area (Å²) in [7, 11) is 0. The van der Waals surface area contributed by atoms with Crippen LogP contribution in [0.3, 0.4) is 0 Å². The van der Waals surface area contributed by atoms with Crippen LogP contribution in [0.15, 0.2) is 36.4 Å². The largest absolute Gasteiger partial charge is 0.508 e. The Morgan fingerprint density at radius 2 is 1.68 bits per heavy atom. The number of phenolic OH excluding ortho intramolecular Hbond substituents is 1. The van der Waals surface area contributed by atoms with E-state index in [2.05, 4.69) is 6.92 Å². The average molecular weight is 254 g/mol. The molecule has 96 valence electrons. The molecule has 0 saturated carbocycles. The zero-order chi connectivity index (χ0) is 13.0. The van der Waals surface area contributed by atoms with E-state index in [9.17, 15) is 5.11 Å². The third kappa shape index (κ3) is 1.44. The van der Waals surface area contributed by atoms with E-state index in [-0.39, 0.29) is 12.0 Å². The Hall–Kier alpha value is -2.16. The summed E-state index contributed by atoms with van der Waals surface area (Å²) in [5.41, 5.74) is 1.95. The molecule has 0 spiro atoms. The highest BCUT2D eigenvalue weighted by Gasteiger charge is 2.36. The zero-order valence-electron chi connectivity index (χ0n) is 10.6. The Labute approximate surface area is 111 Å². The van der Waals surface area contributed by atoms with Crippen molar-refractivity contribution in [2.75, 3.05) is 0 Å².